The van der Waals surface area contributed by atoms with Gasteiger partial charge < -0.3 is 31.6 Å². The summed E-state index contributed by atoms with van der Waals surface area (Å²) < 4.78 is 11.7. The van der Waals surface area contributed by atoms with Crippen molar-refractivity contribution in [2.45, 2.75) is 76.7 Å². The van der Waals surface area contributed by atoms with Crippen molar-refractivity contribution < 1.29 is 19.1 Å². The van der Waals surface area contributed by atoms with Gasteiger partial charge in [-0.15, -0.1) is 0 Å². The highest BCUT2D eigenvalue weighted by Gasteiger charge is 2.15. The molecule has 254 valence electrons. The van der Waals surface area contributed by atoms with Crippen molar-refractivity contribution >= 4 is 11.8 Å². The molecule has 0 fully saturated rings. The fourth-order valence-corrected chi connectivity index (χ4v) is 5.26. The third-order valence-corrected chi connectivity index (χ3v) is 8.13. The van der Waals surface area contributed by atoms with Crippen LogP contribution in [0, 0.1) is 0 Å². The van der Waals surface area contributed by atoms with Crippen LogP contribution in [0.2, 0.25) is 0 Å². The molecule has 0 radical (unpaired) electrons. The lowest BCUT2D eigenvalue weighted by Crippen LogP contribution is -2.42. The number of carbonyl (C=O) groups excluding carboxylic acids is 2. The van der Waals surface area contributed by atoms with Crippen molar-refractivity contribution in [3.05, 3.63) is 131 Å². The molecule has 0 spiro atoms. The van der Waals surface area contributed by atoms with Crippen LogP contribution in [0.4, 0.5) is 0 Å². The largest absolute Gasteiger partial charge is 0.489 e. The number of ether oxygens (including phenoxy) is 2. The normalized spacial score (nSPS) is 12.1. The van der Waals surface area contributed by atoms with Gasteiger partial charge in [-0.3, -0.25) is 9.59 Å². The van der Waals surface area contributed by atoms with Gasteiger partial charge in [-0.25, -0.2) is 0 Å². The molecule has 0 heterocycles. The second kappa shape index (κ2) is 20.5. The Bertz CT molecular complexity index is 1370. The third-order valence-electron chi connectivity index (χ3n) is 8.13. The Labute approximate surface area is 285 Å². The highest BCUT2D eigenvalue weighted by molar-refractivity contribution is 5.82. The van der Waals surface area contributed by atoms with E-state index in [4.69, 9.17) is 20.9 Å². The molecule has 2 atom stereocenters. The Hall–Kier alpha value is -4.66. The van der Waals surface area contributed by atoms with E-state index in [0.29, 0.717) is 39.1 Å². The Morgan fingerprint density at radius 2 is 0.833 bits per heavy atom. The minimum atomic E-state index is -0.588. The molecule has 0 bridgehead atoms. The summed E-state index contributed by atoms with van der Waals surface area (Å²) in [7, 11) is 0. The maximum Gasteiger partial charge on any atom is 0.237 e. The topological polar surface area (TPSA) is 129 Å². The summed E-state index contributed by atoms with van der Waals surface area (Å²) >= 11 is 0. The molecule has 4 rings (SSSR count). The van der Waals surface area contributed by atoms with E-state index in [2.05, 4.69) is 10.6 Å². The van der Waals surface area contributed by atoms with Gasteiger partial charge in [-0.05, 0) is 72.2 Å². The van der Waals surface area contributed by atoms with Gasteiger partial charge >= 0.3 is 0 Å². The van der Waals surface area contributed by atoms with E-state index in [1.807, 2.05) is 109 Å². The van der Waals surface area contributed by atoms with Crippen LogP contribution in [0.5, 0.6) is 11.5 Å². The Kier molecular flexibility index (Phi) is 15.5. The van der Waals surface area contributed by atoms with Gasteiger partial charge in [0, 0.05) is 13.1 Å². The van der Waals surface area contributed by atoms with Crippen LogP contribution in [0.1, 0.15) is 60.8 Å². The predicted molar refractivity (Wildman–Crippen MR) is 192 cm³/mol. The van der Waals surface area contributed by atoms with Crippen LogP contribution in [-0.2, 0) is 35.6 Å². The Morgan fingerprint density at radius 3 is 1.21 bits per heavy atom. The van der Waals surface area contributed by atoms with Crippen molar-refractivity contribution in [2.24, 2.45) is 11.5 Å². The zero-order valence-electron chi connectivity index (χ0n) is 27.8. The number of nitrogens with two attached hydrogens (primary N) is 2. The molecular weight excluding hydrogens is 600 g/mol. The van der Waals surface area contributed by atoms with E-state index in [0.717, 1.165) is 72.3 Å². The fraction of sp³-hybridized carbons (Fsp3) is 0.350. The van der Waals surface area contributed by atoms with Crippen LogP contribution < -0.4 is 31.6 Å². The van der Waals surface area contributed by atoms with Gasteiger partial charge in [-0.1, -0.05) is 111 Å². The fourth-order valence-electron chi connectivity index (χ4n) is 5.26. The lowest BCUT2D eigenvalue weighted by molar-refractivity contribution is -0.123. The molecule has 8 nitrogen and oxygen atoms in total. The highest BCUT2D eigenvalue weighted by Crippen LogP contribution is 2.17. The lowest BCUT2D eigenvalue weighted by atomic mass is 10.1. The maximum atomic E-state index is 12.5. The molecule has 0 unspecified atom stereocenters. The van der Waals surface area contributed by atoms with E-state index < -0.39 is 12.1 Å². The molecule has 0 aromatic heterocycles. The number of hydrogen-bond donors (Lipinski definition) is 4. The predicted octanol–water partition coefficient (Wildman–Crippen LogP) is 5.86. The molecule has 6 N–H and O–H groups in total. The van der Waals surface area contributed by atoms with E-state index in [9.17, 15) is 9.59 Å². The van der Waals surface area contributed by atoms with Gasteiger partial charge in [0.25, 0.3) is 0 Å². The number of carbonyl (C=O) groups is 2. The number of unbranched alkanes of at least 4 members (excludes halogenated alkanes) is 5. The molecule has 0 saturated heterocycles. The standard InChI is InChI=1S/C40H50N4O4/c41-37(27-31-17-21-35(22-18-31)47-29-33-13-7-5-8-14-33)39(45)43-25-11-3-1-2-4-12-26-44-40(46)38(42)28-32-19-23-36(24-20-32)48-30-34-15-9-6-10-16-34/h5-10,13-24,37-38H,1-4,11-12,25-30,41-42H2,(H,43,45)(H,44,46)/t37-,38-/m0/s1. The van der Waals surface area contributed by atoms with Gasteiger partial charge in [0.2, 0.25) is 11.8 Å². The maximum absolute atomic E-state index is 12.5. The monoisotopic (exact) mass is 650 g/mol. The SMILES string of the molecule is N[C@@H](Cc1ccc(OCc2ccccc2)cc1)C(=O)NCCCCCCCCNC(=O)[C@@H](N)Cc1ccc(OCc2ccccc2)cc1. The van der Waals surface area contributed by atoms with Gasteiger partial charge in [0.05, 0.1) is 12.1 Å². The van der Waals surface area contributed by atoms with Crippen molar-refractivity contribution in [3.8, 4) is 11.5 Å². The Balaban J connectivity index is 0.972. The minimum Gasteiger partial charge on any atom is -0.489 e. The van der Waals surface area contributed by atoms with Crippen molar-refractivity contribution in [1.29, 1.82) is 0 Å². The van der Waals surface area contributed by atoms with Gasteiger partial charge in [0.1, 0.15) is 24.7 Å². The third kappa shape index (κ3) is 13.6. The van der Waals surface area contributed by atoms with Crippen molar-refractivity contribution in [2.75, 3.05) is 13.1 Å². The summed E-state index contributed by atoms with van der Waals surface area (Å²) in [4.78, 5) is 24.9. The molecule has 8 heteroatoms. The van der Waals surface area contributed by atoms with E-state index >= 15 is 0 Å². The second-order valence-corrected chi connectivity index (χ2v) is 12.2. The van der Waals surface area contributed by atoms with Gasteiger partial charge in [-0.2, -0.15) is 0 Å². The molecule has 4 aromatic carbocycles. The molecule has 2 amide bonds. The average Bonchev–Trinajstić information content (AvgIpc) is 3.12. The molecule has 0 saturated carbocycles. The number of rotatable bonds is 21. The first-order chi connectivity index (χ1) is 23.5. The summed E-state index contributed by atoms with van der Waals surface area (Å²) in [5.41, 5.74) is 16.5. The first-order valence-electron chi connectivity index (χ1n) is 17.0. The summed E-state index contributed by atoms with van der Waals surface area (Å²) in [5.74, 6) is 1.32. The zero-order chi connectivity index (χ0) is 33.8. The molecule has 0 aliphatic heterocycles. The first kappa shape index (κ1) is 36.2. The second-order valence-electron chi connectivity index (χ2n) is 12.2. The van der Waals surface area contributed by atoms with Gasteiger partial charge in [0.15, 0.2) is 0 Å². The van der Waals surface area contributed by atoms with Crippen LogP contribution in [0.15, 0.2) is 109 Å². The first-order valence-corrected chi connectivity index (χ1v) is 17.0. The van der Waals surface area contributed by atoms with E-state index in [-0.39, 0.29) is 11.8 Å². The summed E-state index contributed by atoms with van der Waals surface area (Å²) in [6.07, 6.45) is 7.02. The number of hydrogen-bond acceptors (Lipinski definition) is 6. The lowest BCUT2D eigenvalue weighted by Gasteiger charge is -2.13. The zero-order valence-corrected chi connectivity index (χ0v) is 27.8. The molecule has 0 aliphatic rings. The molecule has 0 aliphatic carbocycles. The van der Waals surface area contributed by atoms with Crippen LogP contribution >= 0.6 is 0 Å². The smallest absolute Gasteiger partial charge is 0.237 e. The molecule has 48 heavy (non-hydrogen) atoms. The molecular formula is C40H50N4O4. The van der Waals surface area contributed by atoms with Crippen LogP contribution in [0.25, 0.3) is 0 Å². The van der Waals surface area contributed by atoms with E-state index in [1.165, 1.54) is 0 Å². The summed E-state index contributed by atoms with van der Waals surface area (Å²) in [5, 5.41) is 5.93. The molecule has 4 aromatic rings. The number of nitrogens with one attached hydrogen (secondary N) is 2. The van der Waals surface area contributed by atoms with Crippen molar-refractivity contribution in [1.82, 2.24) is 10.6 Å². The number of amides is 2. The summed E-state index contributed by atoms with van der Waals surface area (Å²) in [6.45, 7) is 2.27. The van der Waals surface area contributed by atoms with Crippen LogP contribution in [0.3, 0.4) is 0 Å². The quantitative estimate of drug-likeness (QED) is 0.0837. The minimum absolute atomic E-state index is 0.127. The highest BCUT2D eigenvalue weighted by atomic mass is 16.5. The van der Waals surface area contributed by atoms with Crippen molar-refractivity contribution in [3.63, 3.8) is 0 Å². The Morgan fingerprint density at radius 1 is 0.479 bits per heavy atom. The van der Waals surface area contributed by atoms with E-state index in [1.54, 1.807) is 0 Å². The summed E-state index contributed by atoms with van der Waals surface area (Å²) in [6, 6.07) is 34.3. The van der Waals surface area contributed by atoms with Crippen LogP contribution in [-0.4, -0.2) is 37.0 Å². The average molecular weight is 651 g/mol. The number of benzene rings is 4.